The van der Waals surface area contributed by atoms with Gasteiger partial charge in [0.25, 0.3) is 5.91 Å². The molecule has 4 amide bonds. The lowest BCUT2D eigenvalue weighted by molar-refractivity contribution is -0.140. The van der Waals surface area contributed by atoms with Crippen LogP contribution in [-0.4, -0.2) is 51.8 Å². The highest BCUT2D eigenvalue weighted by Crippen LogP contribution is 2.27. The summed E-state index contributed by atoms with van der Waals surface area (Å²) >= 11 is 0. The summed E-state index contributed by atoms with van der Waals surface area (Å²) in [4.78, 5) is 44.5. The van der Waals surface area contributed by atoms with Crippen molar-refractivity contribution in [3.8, 4) is 0 Å². The Morgan fingerprint density at radius 3 is 2.83 bits per heavy atom. The molecule has 128 valence electrons. The number of imide groups is 1. The maximum absolute atomic E-state index is 12.8. The Morgan fingerprint density at radius 1 is 1.38 bits per heavy atom. The van der Waals surface area contributed by atoms with Crippen molar-refractivity contribution in [1.29, 1.82) is 0 Å². The summed E-state index contributed by atoms with van der Waals surface area (Å²) in [5.74, 6) is -0.625. The number of aromatic nitrogens is 1. The highest BCUT2D eigenvalue weighted by molar-refractivity contribution is 6.08. The highest BCUT2D eigenvalue weighted by Gasteiger charge is 2.50. The monoisotopic (exact) mass is 330 g/mol. The molecule has 0 aliphatic carbocycles. The van der Waals surface area contributed by atoms with Gasteiger partial charge in [-0.15, -0.1) is 0 Å². The molecule has 2 atom stereocenters. The quantitative estimate of drug-likeness (QED) is 0.846. The van der Waals surface area contributed by atoms with Gasteiger partial charge in [0.05, 0.1) is 5.69 Å². The molecule has 0 aromatic carbocycles. The van der Waals surface area contributed by atoms with Crippen molar-refractivity contribution in [2.45, 2.75) is 44.7 Å². The number of hydrogen-bond donors (Lipinski definition) is 1. The number of urea groups is 1. The summed E-state index contributed by atoms with van der Waals surface area (Å²) in [5.41, 5.74) is -0.767. The van der Waals surface area contributed by atoms with Gasteiger partial charge in [0, 0.05) is 18.8 Å². The van der Waals surface area contributed by atoms with Crippen molar-refractivity contribution < 1.29 is 14.4 Å². The molecule has 3 rings (SSSR count). The van der Waals surface area contributed by atoms with Crippen LogP contribution in [0.5, 0.6) is 0 Å². The lowest BCUT2D eigenvalue weighted by Gasteiger charge is -2.34. The van der Waals surface area contributed by atoms with Gasteiger partial charge in [0.1, 0.15) is 6.54 Å². The molecule has 2 aliphatic heterocycles. The Hall–Kier alpha value is -2.44. The predicted octanol–water partition coefficient (Wildman–Crippen LogP) is 1.25. The zero-order valence-corrected chi connectivity index (χ0v) is 14.0. The smallest absolute Gasteiger partial charge is 0.325 e. The van der Waals surface area contributed by atoms with Crippen molar-refractivity contribution >= 4 is 17.8 Å². The molecule has 3 heterocycles. The number of carbonyl (C=O) groups excluding carboxylic acids is 3. The lowest BCUT2D eigenvalue weighted by atomic mass is 9.97. The molecule has 1 N–H and O–H groups in total. The van der Waals surface area contributed by atoms with Crippen LogP contribution in [-0.2, 0) is 15.1 Å². The largest absolute Gasteiger partial charge is 0.338 e. The Balaban J connectivity index is 1.76. The third kappa shape index (κ3) is 2.74. The molecule has 0 saturated carbocycles. The average molecular weight is 330 g/mol. The van der Waals surface area contributed by atoms with Crippen molar-refractivity contribution in [3.05, 3.63) is 30.1 Å². The van der Waals surface area contributed by atoms with Crippen molar-refractivity contribution in [1.82, 2.24) is 20.1 Å². The van der Waals surface area contributed by atoms with Gasteiger partial charge in [0.15, 0.2) is 5.54 Å². The van der Waals surface area contributed by atoms with Crippen LogP contribution in [0.3, 0.4) is 0 Å². The SMILES string of the molecule is C[C@H]1CCCCN1C(=O)CN1C(=O)N[C@@](C)(c2ccccn2)C1=O. The molecule has 24 heavy (non-hydrogen) atoms. The minimum atomic E-state index is -1.23. The molecule has 0 radical (unpaired) electrons. The summed E-state index contributed by atoms with van der Waals surface area (Å²) < 4.78 is 0. The van der Waals surface area contributed by atoms with Crippen LogP contribution in [0.25, 0.3) is 0 Å². The van der Waals surface area contributed by atoms with Gasteiger partial charge in [-0.25, -0.2) is 4.79 Å². The maximum Gasteiger partial charge on any atom is 0.325 e. The molecule has 0 spiro atoms. The fourth-order valence-corrected chi connectivity index (χ4v) is 3.37. The number of rotatable bonds is 3. The second-order valence-electron chi connectivity index (χ2n) is 6.59. The minimum Gasteiger partial charge on any atom is -0.338 e. The van der Waals surface area contributed by atoms with Crippen LogP contribution in [0.1, 0.15) is 38.8 Å². The van der Waals surface area contributed by atoms with E-state index >= 15 is 0 Å². The van der Waals surface area contributed by atoms with Crippen LogP contribution >= 0.6 is 0 Å². The molecule has 1 aromatic rings. The first-order valence-corrected chi connectivity index (χ1v) is 8.28. The number of likely N-dealkylation sites (tertiary alicyclic amines) is 1. The van der Waals surface area contributed by atoms with E-state index in [1.165, 1.54) is 0 Å². The normalized spacial score (nSPS) is 27.3. The van der Waals surface area contributed by atoms with E-state index in [9.17, 15) is 14.4 Å². The summed E-state index contributed by atoms with van der Waals surface area (Å²) in [6, 6.07) is 4.79. The van der Waals surface area contributed by atoms with Gasteiger partial charge in [-0.2, -0.15) is 0 Å². The van der Waals surface area contributed by atoms with Crippen molar-refractivity contribution in [2.24, 2.45) is 0 Å². The molecule has 0 unspecified atom stereocenters. The first-order valence-electron chi connectivity index (χ1n) is 8.28. The first-order chi connectivity index (χ1) is 11.4. The number of piperidine rings is 1. The molecule has 2 saturated heterocycles. The number of pyridine rings is 1. The third-order valence-corrected chi connectivity index (χ3v) is 4.87. The summed E-state index contributed by atoms with van der Waals surface area (Å²) in [6.07, 6.45) is 4.59. The van der Waals surface area contributed by atoms with Crippen LogP contribution in [0, 0.1) is 0 Å². The Labute approximate surface area is 141 Å². The number of carbonyl (C=O) groups is 3. The summed E-state index contributed by atoms with van der Waals surface area (Å²) in [6.45, 7) is 4.07. The molecule has 2 aliphatic rings. The molecule has 2 fully saturated rings. The Bertz CT molecular complexity index is 663. The van der Waals surface area contributed by atoms with Crippen LogP contribution < -0.4 is 5.32 Å². The van der Waals surface area contributed by atoms with E-state index in [2.05, 4.69) is 10.3 Å². The van der Waals surface area contributed by atoms with E-state index in [4.69, 9.17) is 0 Å². The average Bonchev–Trinajstić information content (AvgIpc) is 2.80. The third-order valence-electron chi connectivity index (χ3n) is 4.87. The Morgan fingerprint density at radius 2 is 2.17 bits per heavy atom. The van der Waals surface area contributed by atoms with Gasteiger partial charge >= 0.3 is 6.03 Å². The lowest BCUT2D eigenvalue weighted by Crippen LogP contribution is -2.48. The van der Waals surface area contributed by atoms with Crippen LogP contribution in [0.4, 0.5) is 4.79 Å². The molecule has 1 aromatic heterocycles. The molecular formula is C17H22N4O3. The second kappa shape index (κ2) is 6.22. The van der Waals surface area contributed by atoms with E-state index in [1.807, 2.05) is 6.92 Å². The van der Waals surface area contributed by atoms with Gasteiger partial charge in [0.2, 0.25) is 5.91 Å². The predicted molar refractivity (Wildman–Crippen MR) is 86.9 cm³/mol. The van der Waals surface area contributed by atoms with E-state index < -0.39 is 17.5 Å². The maximum atomic E-state index is 12.8. The fraction of sp³-hybridized carbons (Fsp3) is 0.529. The number of hydrogen-bond acceptors (Lipinski definition) is 4. The highest BCUT2D eigenvalue weighted by atomic mass is 16.2. The molecule has 0 bridgehead atoms. The van der Waals surface area contributed by atoms with Crippen LogP contribution in [0.15, 0.2) is 24.4 Å². The van der Waals surface area contributed by atoms with Gasteiger partial charge in [-0.3, -0.25) is 19.5 Å². The molecular weight excluding hydrogens is 308 g/mol. The fourth-order valence-electron chi connectivity index (χ4n) is 3.37. The Kier molecular flexibility index (Phi) is 4.26. The van der Waals surface area contributed by atoms with E-state index in [0.29, 0.717) is 12.2 Å². The zero-order chi connectivity index (χ0) is 17.3. The topological polar surface area (TPSA) is 82.6 Å². The number of amides is 4. The standard InChI is InChI=1S/C17H22N4O3/c1-12-7-4-6-10-20(12)14(22)11-21-15(23)17(2,19-16(21)24)13-8-3-5-9-18-13/h3,5,8-9,12H,4,6-7,10-11H2,1-2H3,(H,19,24)/t12-,17-/m0/s1. The van der Waals surface area contributed by atoms with E-state index in [0.717, 1.165) is 24.2 Å². The van der Waals surface area contributed by atoms with E-state index in [-0.39, 0.29) is 18.5 Å². The van der Waals surface area contributed by atoms with Crippen molar-refractivity contribution in [3.63, 3.8) is 0 Å². The summed E-state index contributed by atoms with van der Waals surface area (Å²) in [5, 5.41) is 2.67. The summed E-state index contributed by atoms with van der Waals surface area (Å²) in [7, 11) is 0. The zero-order valence-electron chi connectivity index (χ0n) is 14.0. The number of nitrogens with one attached hydrogen (secondary N) is 1. The molecule has 7 heteroatoms. The minimum absolute atomic E-state index is 0.147. The van der Waals surface area contributed by atoms with Gasteiger partial charge in [-0.1, -0.05) is 6.07 Å². The van der Waals surface area contributed by atoms with E-state index in [1.54, 1.807) is 36.2 Å². The van der Waals surface area contributed by atoms with Crippen molar-refractivity contribution in [2.75, 3.05) is 13.1 Å². The van der Waals surface area contributed by atoms with Gasteiger partial charge in [-0.05, 0) is 45.2 Å². The second-order valence-corrected chi connectivity index (χ2v) is 6.59. The number of nitrogens with zero attached hydrogens (tertiary/aromatic N) is 3. The van der Waals surface area contributed by atoms with Gasteiger partial charge < -0.3 is 10.2 Å². The molecule has 7 nitrogen and oxygen atoms in total. The first kappa shape index (κ1) is 16.4. The van der Waals surface area contributed by atoms with Crippen LogP contribution in [0.2, 0.25) is 0 Å².